The molecule has 5 rings (SSSR count). The fourth-order valence-corrected chi connectivity index (χ4v) is 4.02. The molecule has 0 bridgehead atoms. The Morgan fingerprint density at radius 1 is 1.12 bits per heavy atom. The molecule has 0 radical (unpaired) electrons. The zero-order valence-electron chi connectivity index (χ0n) is 18.2. The van der Waals surface area contributed by atoms with Gasteiger partial charge in [0.25, 0.3) is 5.91 Å². The van der Waals surface area contributed by atoms with Crippen molar-refractivity contribution in [3.8, 4) is 11.1 Å². The van der Waals surface area contributed by atoms with E-state index in [9.17, 15) is 9.18 Å². The molecule has 4 aromatic rings. The molecule has 7 nitrogen and oxygen atoms in total. The van der Waals surface area contributed by atoms with Crippen LogP contribution in [-0.2, 0) is 4.74 Å². The highest BCUT2D eigenvalue weighted by molar-refractivity contribution is 6.06. The average molecular weight is 445 g/mol. The minimum absolute atomic E-state index is 0.252. The zero-order chi connectivity index (χ0) is 22.8. The van der Waals surface area contributed by atoms with Gasteiger partial charge in [-0.05, 0) is 42.8 Å². The zero-order valence-corrected chi connectivity index (χ0v) is 18.2. The number of benzene rings is 1. The van der Waals surface area contributed by atoms with Gasteiger partial charge in [-0.15, -0.1) is 0 Å². The fraction of sp³-hybridized carbons (Fsp3) is 0.240. The molecule has 0 saturated carbocycles. The van der Waals surface area contributed by atoms with E-state index >= 15 is 0 Å². The van der Waals surface area contributed by atoms with Crippen molar-refractivity contribution in [3.63, 3.8) is 0 Å². The number of nitrogens with one attached hydrogen (secondary N) is 2. The average Bonchev–Trinajstić information content (AvgIpc) is 3.28. The molecule has 1 aliphatic heterocycles. The minimum Gasteiger partial charge on any atom is -0.378 e. The van der Waals surface area contributed by atoms with Crippen LogP contribution in [0.4, 0.5) is 10.2 Å². The fourth-order valence-electron chi connectivity index (χ4n) is 4.02. The molecule has 3 aromatic heterocycles. The number of amides is 1. The third kappa shape index (κ3) is 4.42. The predicted octanol–water partition coefficient (Wildman–Crippen LogP) is 4.09. The second kappa shape index (κ2) is 8.99. The van der Waals surface area contributed by atoms with Crippen LogP contribution < -0.4 is 10.2 Å². The Hall–Kier alpha value is -3.78. The normalized spacial score (nSPS) is 14.9. The van der Waals surface area contributed by atoms with E-state index in [4.69, 9.17) is 4.74 Å². The number of rotatable bonds is 5. The number of pyridine rings is 2. The molecule has 1 aromatic carbocycles. The van der Waals surface area contributed by atoms with Crippen molar-refractivity contribution < 1.29 is 13.9 Å². The van der Waals surface area contributed by atoms with E-state index in [1.54, 1.807) is 24.5 Å². The number of ether oxygens (including phenoxy) is 1. The van der Waals surface area contributed by atoms with Gasteiger partial charge in [-0.3, -0.25) is 4.79 Å². The summed E-state index contributed by atoms with van der Waals surface area (Å²) >= 11 is 0. The molecule has 1 atom stereocenters. The standard InChI is InChI=1S/C25H24FN5O2/c1-16(17-3-2-4-20(26)11-17)30-25(32)22-15-29-24-21(22)12-19(14-28-24)18-5-6-23(27-13-18)31-7-9-33-10-8-31/h2-6,11-16H,7-10H2,1H3,(H,28,29)(H,30,32)/t16-/m0/s1. The number of aromatic amines is 1. The number of H-pyrrole nitrogens is 1. The van der Waals surface area contributed by atoms with Crippen LogP contribution in [0.1, 0.15) is 28.9 Å². The molecular weight excluding hydrogens is 421 g/mol. The number of aromatic nitrogens is 3. The first-order valence-corrected chi connectivity index (χ1v) is 10.9. The summed E-state index contributed by atoms with van der Waals surface area (Å²) in [6, 6.07) is 11.8. The highest BCUT2D eigenvalue weighted by Gasteiger charge is 2.17. The van der Waals surface area contributed by atoms with E-state index in [1.807, 2.05) is 31.3 Å². The second-order valence-corrected chi connectivity index (χ2v) is 8.08. The lowest BCUT2D eigenvalue weighted by Gasteiger charge is -2.27. The largest absolute Gasteiger partial charge is 0.378 e. The Morgan fingerprint density at radius 3 is 2.70 bits per heavy atom. The molecule has 4 heterocycles. The molecule has 1 saturated heterocycles. The monoisotopic (exact) mass is 445 g/mol. The second-order valence-electron chi connectivity index (χ2n) is 8.08. The number of nitrogens with zero attached hydrogens (tertiary/aromatic N) is 3. The van der Waals surface area contributed by atoms with Crippen LogP contribution in [0.2, 0.25) is 0 Å². The summed E-state index contributed by atoms with van der Waals surface area (Å²) in [5, 5.41) is 3.66. The Labute approximate surface area is 190 Å². The van der Waals surface area contributed by atoms with E-state index in [0.29, 0.717) is 35.4 Å². The van der Waals surface area contributed by atoms with Crippen LogP contribution in [-0.4, -0.2) is 47.2 Å². The van der Waals surface area contributed by atoms with E-state index in [-0.39, 0.29) is 17.8 Å². The van der Waals surface area contributed by atoms with Gasteiger partial charge < -0.3 is 19.9 Å². The smallest absolute Gasteiger partial charge is 0.253 e. The van der Waals surface area contributed by atoms with Crippen molar-refractivity contribution in [2.24, 2.45) is 0 Å². The van der Waals surface area contributed by atoms with Gasteiger partial charge in [0, 0.05) is 48.2 Å². The maximum atomic E-state index is 13.5. The Morgan fingerprint density at radius 2 is 1.94 bits per heavy atom. The molecule has 168 valence electrons. The highest BCUT2D eigenvalue weighted by atomic mass is 19.1. The molecule has 0 aliphatic carbocycles. The SMILES string of the molecule is C[C@H](NC(=O)c1c[nH]c2ncc(-c3ccc(N4CCOCC4)nc3)cc12)c1cccc(F)c1. The summed E-state index contributed by atoms with van der Waals surface area (Å²) in [6.07, 6.45) is 5.24. The molecule has 0 unspecified atom stereocenters. The summed E-state index contributed by atoms with van der Waals surface area (Å²) < 4.78 is 18.9. The lowest BCUT2D eigenvalue weighted by molar-refractivity contribution is 0.0941. The lowest BCUT2D eigenvalue weighted by Crippen LogP contribution is -2.36. The van der Waals surface area contributed by atoms with Crippen molar-refractivity contribution in [3.05, 3.63) is 78.0 Å². The van der Waals surface area contributed by atoms with Crippen LogP contribution in [0.5, 0.6) is 0 Å². The first kappa shape index (κ1) is 21.1. The molecule has 1 fully saturated rings. The number of fused-ring (bicyclic) bond motifs is 1. The van der Waals surface area contributed by atoms with Crippen LogP contribution in [0.3, 0.4) is 0 Å². The van der Waals surface area contributed by atoms with Crippen molar-refractivity contribution in [1.82, 2.24) is 20.3 Å². The topological polar surface area (TPSA) is 83.1 Å². The molecule has 8 heteroatoms. The van der Waals surface area contributed by atoms with Crippen LogP contribution in [0, 0.1) is 5.82 Å². The Balaban J connectivity index is 1.38. The molecule has 0 spiro atoms. The van der Waals surface area contributed by atoms with Gasteiger partial charge >= 0.3 is 0 Å². The number of halogens is 1. The van der Waals surface area contributed by atoms with Crippen molar-refractivity contribution in [2.45, 2.75) is 13.0 Å². The van der Waals surface area contributed by atoms with Crippen LogP contribution in [0.25, 0.3) is 22.2 Å². The van der Waals surface area contributed by atoms with Crippen molar-refractivity contribution in [1.29, 1.82) is 0 Å². The Bertz CT molecular complexity index is 1280. The summed E-state index contributed by atoms with van der Waals surface area (Å²) in [6.45, 7) is 4.90. The summed E-state index contributed by atoms with van der Waals surface area (Å²) in [5.74, 6) is 0.338. The van der Waals surface area contributed by atoms with Gasteiger partial charge in [0.1, 0.15) is 17.3 Å². The van der Waals surface area contributed by atoms with Gasteiger partial charge in [0.2, 0.25) is 0 Å². The van der Waals surface area contributed by atoms with Crippen molar-refractivity contribution >= 4 is 22.8 Å². The number of carbonyl (C=O) groups excluding carboxylic acids is 1. The van der Waals surface area contributed by atoms with E-state index in [0.717, 1.165) is 30.0 Å². The van der Waals surface area contributed by atoms with Gasteiger partial charge in [0.15, 0.2) is 0 Å². The summed E-state index contributed by atoms with van der Waals surface area (Å²) in [4.78, 5) is 27.3. The van der Waals surface area contributed by atoms with Gasteiger partial charge in [0.05, 0.1) is 24.8 Å². The maximum Gasteiger partial charge on any atom is 0.253 e. The minimum atomic E-state index is -0.341. The van der Waals surface area contributed by atoms with E-state index in [1.165, 1.54) is 12.1 Å². The lowest BCUT2D eigenvalue weighted by atomic mass is 10.1. The van der Waals surface area contributed by atoms with E-state index in [2.05, 4.69) is 25.2 Å². The van der Waals surface area contributed by atoms with E-state index < -0.39 is 0 Å². The van der Waals surface area contributed by atoms with Crippen LogP contribution >= 0.6 is 0 Å². The molecule has 1 amide bonds. The highest BCUT2D eigenvalue weighted by Crippen LogP contribution is 2.26. The molecular formula is C25H24FN5O2. The summed E-state index contributed by atoms with van der Waals surface area (Å²) in [7, 11) is 0. The number of hydrogen-bond donors (Lipinski definition) is 2. The third-order valence-corrected chi connectivity index (χ3v) is 5.89. The maximum absolute atomic E-state index is 13.5. The number of morpholine rings is 1. The first-order chi connectivity index (χ1) is 16.1. The Kier molecular flexibility index (Phi) is 5.75. The quantitative estimate of drug-likeness (QED) is 0.484. The summed E-state index contributed by atoms with van der Waals surface area (Å²) in [5.41, 5.74) is 3.60. The van der Waals surface area contributed by atoms with Crippen molar-refractivity contribution in [2.75, 3.05) is 31.2 Å². The molecule has 2 N–H and O–H groups in total. The van der Waals surface area contributed by atoms with Gasteiger partial charge in [-0.25, -0.2) is 14.4 Å². The predicted molar refractivity (Wildman–Crippen MR) is 125 cm³/mol. The molecule has 1 aliphatic rings. The number of hydrogen-bond acceptors (Lipinski definition) is 5. The third-order valence-electron chi connectivity index (χ3n) is 5.89. The van der Waals surface area contributed by atoms with Crippen LogP contribution in [0.15, 0.2) is 61.1 Å². The number of anilines is 1. The molecule has 33 heavy (non-hydrogen) atoms. The van der Waals surface area contributed by atoms with Gasteiger partial charge in [-0.2, -0.15) is 0 Å². The number of carbonyl (C=O) groups is 1. The van der Waals surface area contributed by atoms with Gasteiger partial charge in [-0.1, -0.05) is 12.1 Å². The first-order valence-electron chi connectivity index (χ1n) is 10.9.